The van der Waals surface area contributed by atoms with Gasteiger partial charge in [0.15, 0.2) is 0 Å². The molecule has 0 spiro atoms. The van der Waals surface area contributed by atoms with Crippen molar-refractivity contribution in [3.63, 3.8) is 0 Å². The molecule has 2 aromatic carbocycles. The van der Waals surface area contributed by atoms with Crippen LogP contribution >= 0.6 is 27.5 Å². The molecule has 1 amide bonds. The molecule has 0 fully saturated rings. The maximum atomic E-state index is 12.5. The van der Waals surface area contributed by atoms with Crippen molar-refractivity contribution >= 4 is 39.1 Å². The highest BCUT2D eigenvalue weighted by molar-refractivity contribution is 9.10. The van der Waals surface area contributed by atoms with E-state index in [0.717, 1.165) is 28.6 Å². The second kappa shape index (κ2) is 5.82. The Morgan fingerprint density at radius 1 is 1.24 bits per heavy atom. The second-order valence-electron chi connectivity index (χ2n) is 5.44. The van der Waals surface area contributed by atoms with Gasteiger partial charge in [-0.2, -0.15) is 0 Å². The smallest absolute Gasteiger partial charge is 0.228 e. The lowest BCUT2D eigenvalue weighted by Gasteiger charge is -2.13. The topological polar surface area (TPSA) is 29.1 Å². The van der Waals surface area contributed by atoms with Crippen LogP contribution in [0, 0.1) is 12.8 Å². The first kappa shape index (κ1) is 14.6. The predicted octanol–water partition coefficient (Wildman–Crippen LogP) is 4.76. The molecule has 0 bridgehead atoms. The Morgan fingerprint density at radius 2 is 1.86 bits per heavy atom. The van der Waals surface area contributed by atoms with Gasteiger partial charge < -0.3 is 5.32 Å². The van der Waals surface area contributed by atoms with E-state index in [4.69, 9.17) is 11.6 Å². The number of amides is 1. The van der Waals surface area contributed by atoms with E-state index in [0.29, 0.717) is 5.02 Å². The first-order chi connectivity index (χ1) is 10.0. The Morgan fingerprint density at radius 3 is 2.48 bits per heavy atom. The highest BCUT2D eigenvalue weighted by atomic mass is 79.9. The summed E-state index contributed by atoms with van der Waals surface area (Å²) in [5.74, 6) is 0.0428. The van der Waals surface area contributed by atoms with Crippen LogP contribution < -0.4 is 5.32 Å². The number of hydrogen-bond acceptors (Lipinski definition) is 1. The third-order valence-electron chi connectivity index (χ3n) is 3.93. The molecule has 0 atom stereocenters. The van der Waals surface area contributed by atoms with Gasteiger partial charge in [0.25, 0.3) is 0 Å². The van der Waals surface area contributed by atoms with Crippen molar-refractivity contribution in [2.45, 2.75) is 19.8 Å². The lowest BCUT2D eigenvalue weighted by molar-refractivity contribution is -0.119. The molecule has 0 aromatic heterocycles. The molecule has 0 radical (unpaired) electrons. The van der Waals surface area contributed by atoms with Crippen LogP contribution in [-0.4, -0.2) is 5.91 Å². The van der Waals surface area contributed by atoms with Crippen LogP contribution in [0.3, 0.4) is 0 Å². The van der Waals surface area contributed by atoms with Crippen molar-refractivity contribution in [3.8, 4) is 0 Å². The second-order valence-corrected chi connectivity index (χ2v) is 6.71. The molecular formula is C17H15BrClNO. The molecule has 108 valence electrons. The van der Waals surface area contributed by atoms with Crippen LogP contribution in [0.15, 0.2) is 40.9 Å². The number of anilines is 1. The summed E-state index contributed by atoms with van der Waals surface area (Å²) >= 11 is 9.60. The van der Waals surface area contributed by atoms with E-state index in [1.54, 1.807) is 6.07 Å². The highest BCUT2D eigenvalue weighted by Crippen LogP contribution is 2.31. The Hall–Kier alpha value is -1.32. The lowest BCUT2D eigenvalue weighted by Crippen LogP contribution is -2.23. The molecule has 0 unspecified atom stereocenters. The van der Waals surface area contributed by atoms with Gasteiger partial charge in [0.2, 0.25) is 5.91 Å². The van der Waals surface area contributed by atoms with Crippen molar-refractivity contribution in [1.29, 1.82) is 0 Å². The van der Waals surface area contributed by atoms with Gasteiger partial charge in [-0.05, 0) is 64.5 Å². The largest absolute Gasteiger partial charge is 0.325 e. The monoisotopic (exact) mass is 363 g/mol. The van der Waals surface area contributed by atoms with E-state index < -0.39 is 0 Å². The molecule has 1 aliphatic rings. The number of benzene rings is 2. The van der Waals surface area contributed by atoms with Crippen LogP contribution in [0.25, 0.3) is 0 Å². The summed E-state index contributed by atoms with van der Waals surface area (Å²) in [6.45, 7) is 1.94. The number of fused-ring (bicyclic) bond motifs is 1. The summed E-state index contributed by atoms with van der Waals surface area (Å²) in [6.07, 6.45) is 1.61. The summed E-state index contributed by atoms with van der Waals surface area (Å²) in [4.78, 5) is 12.5. The molecule has 0 heterocycles. The summed E-state index contributed by atoms with van der Waals surface area (Å²) in [5, 5.41) is 3.64. The van der Waals surface area contributed by atoms with E-state index >= 15 is 0 Å². The summed E-state index contributed by atoms with van der Waals surface area (Å²) in [6, 6.07) is 12.0. The third kappa shape index (κ3) is 2.99. The van der Waals surface area contributed by atoms with Gasteiger partial charge in [-0.25, -0.2) is 0 Å². The molecule has 0 aliphatic heterocycles. The first-order valence-corrected chi connectivity index (χ1v) is 8.05. The Labute approximate surface area is 137 Å². The number of nitrogens with one attached hydrogen (secondary N) is 1. The zero-order valence-electron chi connectivity index (χ0n) is 11.6. The van der Waals surface area contributed by atoms with Crippen LogP contribution in [0.2, 0.25) is 5.02 Å². The number of carbonyl (C=O) groups excluding carboxylic acids is 1. The van der Waals surface area contributed by atoms with Crippen LogP contribution in [-0.2, 0) is 17.6 Å². The Kier molecular flexibility index (Phi) is 4.05. The van der Waals surface area contributed by atoms with Gasteiger partial charge in [0.05, 0.1) is 5.69 Å². The van der Waals surface area contributed by atoms with Crippen molar-refractivity contribution in [2.24, 2.45) is 5.92 Å². The molecule has 1 N–H and O–H groups in total. The summed E-state index contributed by atoms with van der Waals surface area (Å²) < 4.78 is 0.855. The van der Waals surface area contributed by atoms with E-state index in [9.17, 15) is 4.79 Å². The van der Waals surface area contributed by atoms with Gasteiger partial charge >= 0.3 is 0 Å². The Balaban J connectivity index is 1.75. The van der Waals surface area contributed by atoms with Crippen molar-refractivity contribution in [2.75, 3.05) is 5.32 Å². The fourth-order valence-corrected chi connectivity index (χ4v) is 3.44. The summed E-state index contributed by atoms with van der Waals surface area (Å²) in [7, 11) is 0. The minimum absolute atomic E-state index is 0.00521. The fourth-order valence-electron chi connectivity index (χ4n) is 2.72. The van der Waals surface area contributed by atoms with E-state index in [1.165, 1.54) is 11.1 Å². The number of hydrogen-bond donors (Lipinski definition) is 1. The van der Waals surface area contributed by atoms with Gasteiger partial charge in [0, 0.05) is 15.4 Å². The molecule has 21 heavy (non-hydrogen) atoms. The van der Waals surface area contributed by atoms with E-state index in [1.807, 2.05) is 25.1 Å². The predicted molar refractivity (Wildman–Crippen MR) is 89.9 cm³/mol. The number of aryl methyl sites for hydroxylation is 1. The SMILES string of the molecule is Cc1cc(Br)c(NC(=O)C2Cc3ccccc3C2)cc1Cl. The molecule has 2 nitrogen and oxygen atoms in total. The maximum Gasteiger partial charge on any atom is 0.228 e. The van der Waals surface area contributed by atoms with E-state index in [-0.39, 0.29) is 11.8 Å². The number of rotatable bonds is 2. The van der Waals surface area contributed by atoms with Crippen LogP contribution in [0.4, 0.5) is 5.69 Å². The third-order valence-corrected chi connectivity index (χ3v) is 4.99. The van der Waals surface area contributed by atoms with Gasteiger partial charge in [-0.3, -0.25) is 4.79 Å². The van der Waals surface area contributed by atoms with Crippen molar-refractivity contribution < 1.29 is 4.79 Å². The van der Waals surface area contributed by atoms with Gasteiger partial charge in [0.1, 0.15) is 0 Å². The van der Waals surface area contributed by atoms with Crippen molar-refractivity contribution in [1.82, 2.24) is 0 Å². The van der Waals surface area contributed by atoms with Crippen molar-refractivity contribution in [3.05, 3.63) is 62.6 Å². The maximum absolute atomic E-state index is 12.5. The Bertz CT molecular complexity index is 689. The minimum atomic E-state index is -0.00521. The van der Waals surface area contributed by atoms with Crippen LogP contribution in [0.1, 0.15) is 16.7 Å². The standard InChI is InChI=1S/C17H15BrClNO/c1-10-6-14(18)16(9-15(10)19)20-17(21)13-7-11-4-2-3-5-12(11)8-13/h2-6,9,13H,7-8H2,1H3,(H,20,21). The zero-order chi connectivity index (χ0) is 15.0. The number of carbonyl (C=O) groups is 1. The average Bonchev–Trinajstić information content (AvgIpc) is 2.88. The molecule has 1 aliphatic carbocycles. The first-order valence-electron chi connectivity index (χ1n) is 6.88. The minimum Gasteiger partial charge on any atom is -0.325 e. The molecule has 2 aromatic rings. The number of halogens is 2. The zero-order valence-corrected chi connectivity index (χ0v) is 14.0. The van der Waals surface area contributed by atoms with Gasteiger partial charge in [-0.1, -0.05) is 35.9 Å². The molecule has 4 heteroatoms. The summed E-state index contributed by atoms with van der Waals surface area (Å²) in [5.41, 5.74) is 4.26. The molecule has 3 rings (SSSR count). The quantitative estimate of drug-likeness (QED) is 0.817. The average molecular weight is 365 g/mol. The van der Waals surface area contributed by atoms with Gasteiger partial charge in [-0.15, -0.1) is 0 Å². The van der Waals surface area contributed by atoms with E-state index in [2.05, 4.69) is 33.4 Å². The lowest BCUT2D eigenvalue weighted by atomic mass is 10.1. The molecular weight excluding hydrogens is 350 g/mol. The molecule has 0 saturated carbocycles. The molecule has 0 saturated heterocycles. The highest BCUT2D eigenvalue weighted by Gasteiger charge is 2.27. The fraction of sp³-hybridized carbons (Fsp3) is 0.235. The van der Waals surface area contributed by atoms with Crippen LogP contribution in [0.5, 0.6) is 0 Å². The normalized spacial score (nSPS) is 14.0.